The summed E-state index contributed by atoms with van der Waals surface area (Å²) in [5.41, 5.74) is 3.87. The number of aromatic nitrogens is 4. The molecule has 0 atom stereocenters. The van der Waals surface area contributed by atoms with Gasteiger partial charge in [0.2, 0.25) is 5.88 Å². The summed E-state index contributed by atoms with van der Waals surface area (Å²) in [5.74, 6) is 0.506. The van der Waals surface area contributed by atoms with Crippen molar-refractivity contribution in [1.29, 1.82) is 0 Å². The number of halogens is 1. The van der Waals surface area contributed by atoms with Crippen LogP contribution in [0, 0.1) is 12.7 Å². The fourth-order valence-corrected chi connectivity index (χ4v) is 3.34. The first-order valence-corrected chi connectivity index (χ1v) is 10.1. The molecule has 2 amide bonds. The van der Waals surface area contributed by atoms with Crippen molar-refractivity contribution in [3.63, 3.8) is 0 Å². The average Bonchev–Trinajstić information content (AvgIpc) is 3.13. The van der Waals surface area contributed by atoms with Crippen molar-refractivity contribution in [2.75, 3.05) is 12.4 Å². The highest BCUT2D eigenvalue weighted by molar-refractivity contribution is 5.90. The van der Waals surface area contributed by atoms with Crippen LogP contribution in [-0.4, -0.2) is 38.8 Å². The lowest BCUT2D eigenvalue weighted by atomic mass is 10.0. The largest absolute Gasteiger partial charge is 0.480 e. The molecule has 0 aliphatic rings. The molecule has 4 aromatic rings. The number of urea groups is 1. The molecule has 0 unspecified atom stereocenters. The first-order chi connectivity index (χ1) is 15.4. The van der Waals surface area contributed by atoms with Gasteiger partial charge in [0.1, 0.15) is 17.3 Å². The molecule has 8 nitrogen and oxygen atoms in total. The monoisotopic (exact) mass is 434 g/mol. The quantitative estimate of drug-likeness (QED) is 0.484. The second-order valence-electron chi connectivity index (χ2n) is 7.60. The van der Waals surface area contributed by atoms with Crippen LogP contribution in [0.25, 0.3) is 28.2 Å². The Morgan fingerprint density at radius 1 is 1.12 bits per heavy atom. The Labute approximate surface area is 184 Å². The van der Waals surface area contributed by atoms with Crippen molar-refractivity contribution in [1.82, 2.24) is 24.9 Å². The van der Waals surface area contributed by atoms with Gasteiger partial charge in [-0.1, -0.05) is 0 Å². The van der Waals surface area contributed by atoms with Gasteiger partial charge in [0, 0.05) is 29.4 Å². The van der Waals surface area contributed by atoms with Crippen molar-refractivity contribution < 1.29 is 13.9 Å². The van der Waals surface area contributed by atoms with E-state index in [1.54, 1.807) is 54.0 Å². The Hall–Kier alpha value is -4.01. The van der Waals surface area contributed by atoms with E-state index in [1.807, 2.05) is 13.8 Å². The lowest BCUT2D eigenvalue weighted by Gasteiger charge is -2.11. The van der Waals surface area contributed by atoms with Gasteiger partial charge >= 0.3 is 6.03 Å². The van der Waals surface area contributed by atoms with Gasteiger partial charge in [0.25, 0.3) is 0 Å². The van der Waals surface area contributed by atoms with Crippen molar-refractivity contribution in [3.05, 3.63) is 60.0 Å². The highest BCUT2D eigenvalue weighted by Crippen LogP contribution is 2.34. The number of pyridine rings is 1. The third-order valence-electron chi connectivity index (χ3n) is 4.79. The zero-order valence-corrected chi connectivity index (χ0v) is 18.2. The van der Waals surface area contributed by atoms with Crippen LogP contribution in [0.4, 0.5) is 15.0 Å². The first kappa shape index (κ1) is 21.2. The number of hydrogen-bond donors (Lipinski definition) is 2. The van der Waals surface area contributed by atoms with Gasteiger partial charge in [0.15, 0.2) is 5.65 Å². The van der Waals surface area contributed by atoms with Gasteiger partial charge in [-0.05, 0) is 62.7 Å². The molecule has 0 aliphatic carbocycles. The van der Waals surface area contributed by atoms with Crippen LogP contribution in [0.3, 0.4) is 0 Å². The predicted octanol–water partition coefficient (Wildman–Crippen LogP) is 4.44. The zero-order valence-electron chi connectivity index (χ0n) is 18.2. The smallest absolute Gasteiger partial charge is 0.320 e. The minimum Gasteiger partial charge on any atom is -0.480 e. The lowest BCUT2D eigenvalue weighted by molar-refractivity contribution is 0.250. The van der Waals surface area contributed by atoms with Crippen molar-refractivity contribution in [2.24, 2.45) is 0 Å². The number of rotatable bonds is 5. The molecule has 0 bridgehead atoms. The van der Waals surface area contributed by atoms with E-state index in [-0.39, 0.29) is 17.9 Å². The maximum absolute atomic E-state index is 13.9. The van der Waals surface area contributed by atoms with E-state index < -0.39 is 0 Å². The number of nitrogens with one attached hydrogen (secondary N) is 2. The number of carbonyl (C=O) groups excluding carboxylic acids is 1. The van der Waals surface area contributed by atoms with E-state index in [0.29, 0.717) is 34.3 Å². The molecule has 9 heteroatoms. The summed E-state index contributed by atoms with van der Waals surface area (Å²) in [6.07, 6.45) is 1.60. The molecule has 0 fully saturated rings. The summed E-state index contributed by atoms with van der Waals surface area (Å²) in [6, 6.07) is 11.5. The Morgan fingerprint density at radius 2 is 1.94 bits per heavy atom. The van der Waals surface area contributed by atoms with Crippen LogP contribution >= 0.6 is 0 Å². The molecule has 4 rings (SSSR count). The minimum atomic E-state index is -0.350. The summed E-state index contributed by atoms with van der Waals surface area (Å²) in [7, 11) is 1.54. The normalized spacial score (nSPS) is 11.1. The first-order valence-electron chi connectivity index (χ1n) is 10.1. The zero-order chi connectivity index (χ0) is 22.8. The Balaban J connectivity index is 1.87. The second-order valence-corrected chi connectivity index (χ2v) is 7.60. The molecule has 0 spiro atoms. The van der Waals surface area contributed by atoms with Crippen LogP contribution < -0.4 is 15.4 Å². The van der Waals surface area contributed by atoms with Crippen LogP contribution in [0.5, 0.6) is 5.88 Å². The summed E-state index contributed by atoms with van der Waals surface area (Å²) >= 11 is 0. The predicted molar refractivity (Wildman–Crippen MR) is 120 cm³/mol. The fraction of sp³-hybridized carbons (Fsp3) is 0.217. The lowest BCUT2D eigenvalue weighted by Crippen LogP contribution is -2.34. The number of methoxy groups -OCH3 is 1. The van der Waals surface area contributed by atoms with Gasteiger partial charge in [-0.15, -0.1) is 5.10 Å². The van der Waals surface area contributed by atoms with E-state index in [1.165, 1.54) is 13.2 Å². The Bertz CT molecular complexity index is 1300. The molecule has 32 heavy (non-hydrogen) atoms. The fourth-order valence-electron chi connectivity index (χ4n) is 3.34. The van der Waals surface area contributed by atoms with Crippen LogP contribution in [0.1, 0.15) is 19.4 Å². The number of imidazole rings is 1. The topological polar surface area (TPSA) is 93.4 Å². The molecular formula is C23H23FN6O2. The standard InChI is InChI=1S/C23H23FN6O2/c1-13(2)26-23(31)27-18-12-16(9-10-25-18)22-21(15-5-6-17(24)14(3)11-15)28-19-7-8-20(32-4)29-30(19)22/h5-13H,1-4H3,(H2,25,26,27,31). The minimum absolute atomic E-state index is 0.0121. The molecule has 0 saturated carbocycles. The van der Waals surface area contributed by atoms with Crippen LogP contribution in [-0.2, 0) is 0 Å². The second kappa shape index (κ2) is 8.62. The highest BCUT2D eigenvalue weighted by Gasteiger charge is 2.19. The number of aryl methyl sites for hydroxylation is 1. The van der Waals surface area contributed by atoms with Crippen molar-refractivity contribution >= 4 is 17.5 Å². The highest BCUT2D eigenvalue weighted by atomic mass is 19.1. The average molecular weight is 434 g/mol. The van der Waals surface area contributed by atoms with Gasteiger partial charge < -0.3 is 10.1 Å². The third-order valence-corrected chi connectivity index (χ3v) is 4.79. The van der Waals surface area contributed by atoms with Gasteiger partial charge in [-0.2, -0.15) is 0 Å². The number of ether oxygens (including phenoxy) is 1. The van der Waals surface area contributed by atoms with E-state index >= 15 is 0 Å². The van der Waals surface area contributed by atoms with Gasteiger partial charge in [0.05, 0.1) is 12.8 Å². The molecule has 0 aliphatic heterocycles. The van der Waals surface area contributed by atoms with Crippen molar-refractivity contribution in [3.8, 4) is 28.4 Å². The molecule has 2 N–H and O–H groups in total. The number of nitrogens with zero attached hydrogens (tertiary/aromatic N) is 4. The molecule has 3 heterocycles. The molecule has 0 saturated heterocycles. The third kappa shape index (κ3) is 4.22. The number of benzene rings is 1. The number of anilines is 1. The van der Waals surface area contributed by atoms with E-state index in [0.717, 1.165) is 11.1 Å². The van der Waals surface area contributed by atoms with Crippen LogP contribution in [0.15, 0.2) is 48.7 Å². The number of hydrogen-bond acceptors (Lipinski definition) is 5. The van der Waals surface area contributed by atoms with Gasteiger partial charge in [-0.3, -0.25) is 5.32 Å². The number of carbonyl (C=O) groups is 1. The maximum atomic E-state index is 13.9. The van der Waals surface area contributed by atoms with E-state index in [2.05, 4.69) is 20.7 Å². The SMILES string of the molecule is COc1ccc2nc(-c3ccc(F)c(C)c3)c(-c3ccnc(NC(=O)NC(C)C)c3)n2n1. The number of fused-ring (bicyclic) bond motifs is 1. The molecule has 0 radical (unpaired) electrons. The summed E-state index contributed by atoms with van der Waals surface area (Å²) < 4.78 is 20.9. The molecule has 3 aromatic heterocycles. The molecular weight excluding hydrogens is 411 g/mol. The van der Waals surface area contributed by atoms with Crippen LogP contribution in [0.2, 0.25) is 0 Å². The summed E-state index contributed by atoms with van der Waals surface area (Å²) in [4.78, 5) is 21.1. The molecule has 1 aromatic carbocycles. The Kier molecular flexibility index (Phi) is 5.72. The number of amides is 2. The van der Waals surface area contributed by atoms with E-state index in [4.69, 9.17) is 9.72 Å². The maximum Gasteiger partial charge on any atom is 0.320 e. The summed E-state index contributed by atoms with van der Waals surface area (Å²) in [5, 5.41) is 10.0. The Morgan fingerprint density at radius 3 is 2.66 bits per heavy atom. The summed E-state index contributed by atoms with van der Waals surface area (Å²) in [6.45, 7) is 5.45. The van der Waals surface area contributed by atoms with E-state index in [9.17, 15) is 9.18 Å². The van der Waals surface area contributed by atoms with Gasteiger partial charge in [-0.25, -0.2) is 23.7 Å². The van der Waals surface area contributed by atoms with Crippen molar-refractivity contribution in [2.45, 2.75) is 26.8 Å². The molecule has 164 valence electrons.